The van der Waals surface area contributed by atoms with Gasteiger partial charge in [-0.25, -0.2) is 4.98 Å². The van der Waals surface area contributed by atoms with Gasteiger partial charge in [0, 0.05) is 18.2 Å². The molecule has 0 radical (unpaired) electrons. The maximum Gasteiger partial charge on any atom is 0.573 e. The second kappa shape index (κ2) is 9.28. The topological polar surface area (TPSA) is 125 Å². The molecule has 0 unspecified atom stereocenters. The first kappa shape index (κ1) is 23.1. The highest BCUT2D eigenvalue weighted by Gasteiger charge is 2.31. The van der Waals surface area contributed by atoms with Crippen molar-refractivity contribution in [2.75, 3.05) is 22.7 Å². The molecule has 0 spiro atoms. The van der Waals surface area contributed by atoms with Gasteiger partial charge in [0.05, 0.1) is 16.3 Å². The Hall–Kier alpha value is -3.58. The second-order valence-electron chi connectivity index (χ2n) is 6.32. The molecule has 0 saturated heterocycles. The summed E-state index contributed by atoms with van der Waals surface area (Å²) in [6.07, 6.45) is -4.82. The lowest BCUT2D eigenvalue weighted by atomic mass is 10.1. The maximum atomic E-state index is 12.5. The summed E-state index contributed by atoms with van der Waals surface area (Å²) in [5.41, 5.74) is 6.79. The molecule has 0 fully saturated rings. The van der Waals surface area contributed by atoms with E-state index in [4.69, 9.17) is 4.55 Å². The van der Waals surface area contributed by atoms with Gasteiger partial charge in [0.1, 0.15) is 5.75 Å². The number of alkyl halides is 3. The van der Waals surface area contributed by atoms with E-state index in [1.807, 2.05) is 6.92 Å². The number of rotatable bonds is 8. The molecule has 3 aromatic rings. The predicted octanol–water partition coefficient (Wildman–Crippen LogP) is 4.16. The first-order valence-electron chi connectivity index (χ1n) is 9.12. The van der Waals surface area contributed by atoms with Crippen LogP contribution in [0.3, 0.4) is 0 Å². The number of hydrogen-bond acceptors (Lipinski definition) is 8. The van der Waals surface area contributed by atoms with Crippen LogP contribution in [0, 0.1) is 0 Å². The molecule has 0 bridgehead atoms. The number of aromatic nitrogens is 2. The van der Waals surface area contributed by atoms with Crippen LogP contribution in [0.15, 0.2) is 59.5 Å². The quantitative estimate of drug-likeness (QED) is 0.284. The van der Waals surface area contributed by atoms with Crippen LogP contribution in [0.1, 0.15) is 6.92 Å². The lowest BCUT2D eigenvalue weighted by Gasteiger charge is -2.13. The Labute approximate surface area is 181 Å². The van der Waals surface area contributed by atoms with Crippen molar-refractivity contribution in [2.45, 2.75) is 18.2 Å². The van der Waals surface area contributed by atoms with Crippen molar-refractivity contribution >= 4 is 27.6 Å². The summed E-state index contributed by atoms with van der Waals surface area (Å²) in [4.78, 5) is 8.30. The predicted molar refractivity (Wildman–Crippen MR) is 112 cm³/mol. The van der Waals surface area contributed by atoms with Gasteiger partial charge in [0.25, 0.3) is 10.1 Å². The van der Waals surface area contributed by atoms with Gasteiger partial charge in [-0.2, -0.15) is 13.4 Å². The van der Waals surface area contributed by atoms with Crippen molar-refractivity contribution in [1.82, 2.24) is 9.97 Å². The minimum atomic E-state index is -4.82. The van der Waals surface area contributed by atoms with Crippen LogP contribution in [-0.4, -0.2) is 35.8 Å². The average Bonchev–Trinajstić information content (AvgIpc) is 2.71. The van der Waals surface area contributed by atoms with Crippen LogP contribution in [-0.2, 0) is 10.1 Å². The highest BCUT2D eigenvalue weighted by atomic mass is 32.2. The Balaban J connectivity index is 1.84. The third-order valence-corrected chi connectivity index (χ3v) is 4.78. The third-order valence-electron chi connectivity index (χ3n) is 3.91. The fraction of sp³-hybridized carbons (Fsp3) is 0.158. The van der Waals surface area contributed by atoms with Crippen molar-refractivity contribution in [2.24, 2.45) is 0 Å². The minimum Gasteiger partial charge on any atom is -0.406 e. The van der Waals surface area contributed by atoms with Crippen LogP contribution in [0.2, 0.25) is 0 Å². The standard InChI is InChI=1S/C19H18F3N5O4S/c1-2-23-18-24-16(12-4-3-5-14(10-12)31-19(20,21)22)11-17(25-18)27-26-13-6-8-15(9-7-13)32(28,29)30/h3-11,26H,2H2,1H3,(H,28,29,30)(H2,23,24,25,27). The molecule has 1 heterocycles. The summed E-state index contributed by atoms with van der Waals surface area (Å²) in [6.45, 7) is 2.33. The molecular formula is C19H18F3N5O4S. The molecule has 9 nitrogen and oxygen atoms in total. The van der Waals surface area contributed by atoms with Crippen molar-refractivity contribution < 1.29 is 30.9 Å². The lowest BCUT2D eigenvalue weighted by Crippen LogP contribution is -2.17. The molecule has 3 rings (SSSR count). The van der Waals surface area contributed by atoms with Crippen molar-refractivity contribution in [3.8, 4) is 17.0 Å². The van der Waals surface area contributed by atoms with E-state index >= 15 is 0 Å². The Morgan fingerprint density at radius 3 is 2.38 bits per heavy atom. The van der Waals surface area contributed by atoms with E-state index in [2.05, 4.69) is 30.9 Å². The molecule has 2 aromatic carbocycles. The molecule has 0 saturated carbocycles. The van der Waals surface area contributed by atoms with Crippen molar-refractivity contribution in [3.63, 3.8) is 0 Å². The van der Waals surface area contributed by atoms with E-state index in [0.717, 1.165) is 0 Å². The number of nitrogens with zero attached hydrogens (tertiary/aromatic N) is 2. The molecule has 32 heavy (non-hydrogen) atoms. The Kier molecular flexibility index (Phi) is 6.69. The first-order chi connectivity index (χ1) is 15.0. The SMILES string of the molecule is CCNc1nc(NNc2ccc(S(=O)(=O)O)cc2)cc(-c2cccc(OC(F)(F)F)c2)n1. The molecule has 0 aliphatic carbocycles. The van der Waals surface area contributed by atoms with Crippen LogP contribution in [0.4, 0.5) is 30.6 Å². The largest absolute Gasteiger partial charge is 0.573 e. The van der Waals surface area contributed by atoms with Gasteiger partial charge in [-0.1, -0.05) is 12.1 Å². The molecule has 170 valence electrons. The molecular weight excluding hydrogens is 451 g/mol. The monoisotopic (exact) mass is 469 g/mol. The molecule has 0 aliphatic rings. The number of hydrogen-bond donors (Lipinski definition) is 4. The van der Waals surface area contributed by atoms with Crippen LogP contribution in [0.25, 0.3) is 11.3 Å². The number of halogens is 3. The Morgan fingerprint density at radius 2 is 1.75 bits per heavy atom. The summed E-state index contributed by atoms with van der Waals surface area (Å²) in [7, 11) is -4.31. The molecule has 4 N–H and O–H groups in total. The van der Waals surface area contributed by atoms with Crippen LogP contribution in [0.5, 0.6) is 5.75 Å². The van der Waals surface area contributed by atoms with Crippen molar-refractivity contribution in [3.05, 3.63) is 54.6 Å². The van der Waals surface area contributed by atoms with Crippen molar-refractivity contribution in [1.29, 1.82) is 0 Å². The maximum absolute atomic E-state index is 12.5. The smallest absolute Gasteiger partial charge is 0.406 e. The zero-order valence-corrected chi connectivity index (χ0v) is 17.3. The third kappa shape index (κ3) is 6.46. The second-order valence-corrected chi connectivity index (χ2v) is 7.74. The van der Waals surface area contributed by atoms with Gasteiger partial charge in [0.2, 0.25) is 5.95 Å². The number of benzene rings is 2. The fourth-order valence-corrected chi connectivity index (χ4v) is 3.08. The molecule has 0 amide bonds. The molecule has 13 heteroatoms. The highest BCUT2D eigenvalue weighted by molar-refractivity contribution is 7.85. The van der Waals surface area contributed by atoms with E-state index in [1.54, 1.807) is 6.07 Å². The van der Waals surface area contributed by atoms with E-state index in [9.17, 15) is 21.6 Å². The number of hydrazine groups is 1. The zero-order chi connectivity index (χ0) is 23.4. The summed E-state index contributed by atoms with van der Waals surface area (Å²) in [6, 6.07) is 12.1. The number of nitrogens with one attached hydrogen (secondary N) is 3. The minimum absolute atomic E-state index is 0.234. The summed E-state index contributed by atoms with van der Waals surface area (Å²) in [5.74, 6) is 0.135. The molecule has 0 aliphatic heterocycles. The van der Waals surface area contributed by atoms with E-state index in [1.165, 1.54) is 48.5 Å². The van der Waals surface area contributed by atoms with E-state index < -0.39 is 16.5 Å². The van der Waals surface area contributed by atoms with Gasteiger partial charge in [-0.3, -0.25) is 15.4 Å². The lowest BCUT2D eigenvalue weighted by molar-refractivity contribution is -0.274. The summed E-state index contributed by atoms with van der Waals surface area (Å²) >= 11 is 0. The van der Waals surface area contributed by atoms with Crippen LogP contribution < -0.4 is 20.9 Å². The summed E-state index contributed by atoms with van der Waals surface area (Å²) < 4.78 is 72.8. The zero-order valence-electron chi connectivity index (χ0n) is 16.5. The fourth-order valence-electron chi connectivity index (χ4n) is 2.60. The van der Waals surface area contributed by atoms with Gasteiger partial charge < -0.3 is 10.1 Å². The molecule has 0 atom stereocenters. The normalized spacial score (nSPS) is 11.7. The highest BCUT2D eigenvalue weighted by Crippen LogP contribution is 2.28. The Morgan fingerprint density at radius 1 is 1.03 bits per heavy atom. The van der Waals surface area contributed by atoms with Crippen LogP contribution >= 0.6 is 0 Å². The van der Waals surface area contributed by atoms with E-state index in [-0.39, 0.29) is 22.4 Å². The number of anilines is 3. The van der Waals surface area contributed by atoms with Gasteiger partial charge in [-0.05, 0) is 43.3 Å². The van der Waals surface area contributed by atoms with Gasteiger partial charge >= 0.3 is 6.36 Å². The average molecular weight is 469 g/mol. The number of ether oxygens (including phenoxy) is 1. The van der Waals surface area contributed by atoms with Gasteiger partial charge in [0.15, 0.2) is 5.82 Å². The van der Waals surface area contributed by atoms with E-state index in [0.29, 0.717) is 23.5 Å². The summed E-state index contributed by atoms with van der Waals surface area (Å²) in [5, 5.41) is 2.94. The first-order valence-corrected chi connectivity index (χ1v) is 10.6. The Bertz CT molecular complexity index is 1190. The van der Waals surface area contributed by atoms with Gasteiger partial charge in [-0.15, -0.1) is 13.2 Å². The molecule has 1 aromatic heterocycles.